The fraction of sp³-hybridized carbons (Fsp3) is 0.250. The average Bonchev–Trinajstić information content (AvgIpc) is 2.61. The van der Waals surface area contributed by atoms with Gasteiger partial charge in [0.05, 0.1) is 11.3 Å². The van der Waals surface area contributed by atoms with Gasteiger partial charge in [-0.3, -0.25) is 14.4 Å². The molecule has 2 aromatic rings. The predicted octanol–water partition coefficient (Wildman–Crippen LogP) is 3.26. The maximum Gasteiger partial charge on any atom is 0.253 e. The molecular formula is C20H22N2O3. The molecule has 0 spiro atoms. The fourth-order valence-corrected chi connectivity index (χ4v) is 2.42. The highest BCUT2D eigenvalue weighted by Gasteiger charge is 2.14. The molecule has 2 aromatic carbocycles. The molecule has 0 aromatic heterocycles. The first kappa shape index (κ1) is 18.4. The number of benzene rings is 2. The third kappa shape index (κ3) is 4.76. The minimum Gasteiger partial charge on any atom is -0.355 e. The monoisotopic (exact) mass is 338 g/mol. The third-order valence-corrected chi connectivity index (χ3v) is 4.08. The van der Waals surface area contributed by atoms with Crippen LogP contribution in [0.3, 0.4) is 0 Å². The van der Waals surface area contributed by atoms with Crippen molar-refractivity contribution in [1.82, 2.24) is 5.32 Å². The van der Waals surface area contributed by atoms with Crippen LogP contribution in [0.25, 0.3) is 0 Å². The summed E-state index contributed by atoms with van der Waals surface area (Å²) in [6, 6.07) is 12.3. The number of anilines is 1. The standard InChI is InChI=1S/C20H22N2O3/c1-13-8-9-15(12-14(13)2)18(23)10-11-19(24)22-17-7-5-4-6-16(17)20(25)21-3/h4-9,12H,10-11H2,1-3H3,(H,21,25)(H,22,24). The number of hydrogen-bond acceptors (Lipinski definition) is 3. The summed E-state index contributed by atoms with van der Waals surface area (Å²) in [6.07, 6.45) is 0.185. The highest BCUT2D eigenvalue weighted by atomic mass is 16.2. The topological polar surface area (TPSA) is 75.3 Å². The summed E-state index contributed by atoms with van der Waals surface area (Å²) in [5.74, 6) is -0.645. The van der Waals surface area contributed by atoms with Gasteiger partial charge in [0.1, 0.15) is 0 Å². The van der Waals surface area contributed by atoms with Crippen LogP contribution < -0.4 is 10.6 Å². The lowest BCUT2D eigenvalue weighted by Gasteiger charge is -2.10. The molecule has 5 nitrogen and oxygen atoms in total. The molecule has 2 rings (SSSR count). The van der Waals surface area contributed by atoms with Gasteiger partial charge in [0.15, 0.2) is 5.78 Å². The second kappa shape index (κ2) is 8.24. The summed E-state index contributed by atoms with van der Waals surface area (Å²) in [5.41, 5.74) is 3.61. The van der Waals surface area contributed by atoms with Gasteiger partial charge in [0.25, 0.3) is 5.91 Å². The van der Waals surface area contributed by atoms with Crippen LogP contribution >= 0.6 is 0 Å². The Hall–Kier alpha value is -2.95. The van der Waals surface area contributed by atoms with Crippen LogP contribution in [-0.2, 0) is 4.79 Å². The molecule has 0 radical (unpaired) electrons. The minimum absolute atomic E-state index is 0.0633. The first-order valence-corrected chi connectivity index (χ1v) is 8.13. The van der Waals surface area contributed by atoms with Gasteiger partial charge in [-0.1, -0.05) is 24.3 Å². The first-order chi connectivity index (χ1) is 11.9. The molecule has 25 heavy (non-hydrogen) atoms. The molecule has 0 unspecified atom stereocenters. The van der Waals surface area contributed by atoms with E-state index >= 15 is 0 Å². The van der Waals surface area contributed by atoms with Gasteiger partial charge in [0.2, 0.25) is 5.91 Å². The smallest absolute Gasteiger partial charge is 0.253 e. The van der Waals surface area contributed by atoms with Crippen molar-refractivity contribution in [3.8, 4) is 0 Å². The van der Waals surface area contributed by atoms with Crippen LogP contribution in [-0.4, -0.2) is 24.6 Å². The van der Waals surface area contributed by atoms with Gasteiger partial charge in [-0.15, -0.1) is 0 Å². The number of Topliss-reactive ketones (excluding diaryl/α,β-unsaturated/α-hetero) is 1. The van der Waals surface area contributed by atoms with E-state index in [0.29, 0.717) is 16.8 Å². The number of ketones is 1. The van der Waals surface area contributed by atoms with E-state index in [1.807, 2.05) is 26.0 Å². The van der Waals surface area contributed by atoms with Crippen molar-refractivity contribution >= 4 is 23.3 Å². The van der Waals surface area contributed by atoms with E-state index < -0.39 is 0 Å². The highest BCUT2D eigenvalue weighted by molar-refractivity contribution is 6.05. The number of nitrogens with one attached hydrogen (secondary N) is 2. The summed E-state index contributed by atoms with van der Waals surface area (Å²) in [5, 5.41) is 5.23. The van der Waals surface area contributed by atoms with E-state index in [1.165, 1.54) is 7.05 Å². The van der Waals surface area contributed by atoms with Crippen LogP contribution in [0.15, 0.2) is 42.5 Å². The Morgan fingerprint density at radius 2 is 1.64 bits per heavy atom. The van der Waals surface area contributed by atoms with Crippen molar-refractivity contribution < 1.29 is 14.4 Å². The lowest BCUT2D eigenvalue weighted by atomic mass is 10.0. The molecule has 2 N–H and O–H groups in total. The Morgan fingerprint density at radius 3 is 2.32 bits per heavy atom. The molecule has 0 heterocycles. The number of carbonyl (C=O) groups is 3. The summed E-state index contributed by atoms with van der Waals surface area (Å²) < 4.78 is 0. The van der Waals surface area contributed by atoms with E-state index in [9.17, 15) is 14.4 Å². The fourth-order valence-electron chi connectivity index (χ4n) is 2.42. The second-order valence-corrected chi connectivity index (χ2v) is 5.90. The van der Waals surface area contributed by atoms with Crippen LogP contribution in [0.4, 0.5) is 5.69 Å². The van der Waals surface area contributed by atoms with Gasteiger partial charge < -0.3 is 10.6 Å². The number of carbonyl (C=O) groups excluding carboxylic acids is 3. The molecule has 0 aliphatic rings. The molecule has 0 aliphatic heterocycles. The quantitative estimate of drug-likeness (QED) is 0.794. The van der Waals surface area contributed by atoms with Gasteiger partial charge in [-0.05, 0) is 43.2 Å². The number of aryl methyl sites for hydroxylation is 2. The highest BCUT2D eigenvalue weighted by Crippen LogP contribution is 2.16. The summed E-state index contributed by atoms with van der Waals surface area (Å²) >= 11 is 0. The van der Waals surface area contributed by atoms with E-state index in [1.54, 1.807) is 30.3 Å². The summed E-state index contributed by atoms with van der Waals surface area (Å²) in [7, 11) is 1.53. The molecule has 0 aliphatic carbocycles. The van der Waals surface area contributed by atoms with Crippen molar-refractivity contribution in [2.75, 3.05) is 12.4 Å². The second-order valence-electron chi connectivity index (χ2n) is 5.90. The molecule has 130 valence electrons. The zero-order valence-corrected chi connectivity index (χ0v) is 14.7. The van der Waals surface area contributed by atoms with E-state index in [-0.39, 0.29) is 30.4 Å². The number of amides is 2. The maximum absolute atomic E-state index is 12.2. The van der Waals surface area contributed by atoms with Gasteiger partial charge in [-0.25, -0.2) is 0 Å². The Bertz CT molecular complexity index is 812. The van der Waals surface area contributed by atoms with E-state index in [0.717, 1.165) is 11.1 Å². The Labute approximate surface area is 147 Å². The lowest BCUT2D eigenvalue weighted by molar-refractivity contribution is -0.116. The van der Waals surface area contributed by atoms with Crippen molar-refractivity contribution in [3.05, 3.63) is 64.7 Å². The largest absolute Gasteiger partial charge is 0.355 e. The molecule has 0 bridgehead atoms. The van der Waals surface area contributed by atoms with Crippen LogP contribution in [0.2, 0.25) is 0 Å². The molecule has 0 atom stereocenters. The summed E-state index contributed by atoms with van der Waals surface area (Å²) in [6.45, 7) is 3.94. The van der Waals surface area contributed by atoms with Gasteiger partial charge in [-0.2, -0.15) is 0 Å². The van der Waals surface area contributed by atoms with Gasteiger partial charge >= 0.3 is 0 Å². The molecule has 2 amide bonds. The minimum atomic E-state index is -0.298. The normalized spacial score (nSPS) is 10.2. The Morgan fingerprint density at radius 1 is 0.920 bits per heavy atom. The SMILES string of the molecule is CNC(=O)c1ccccc1NC(=O)CCC(=O)c1ccc(C)c(C)c1. The average molecular weight is 338 g/mol. The maximum atomic E-state index is 12.2. The van der Waals surface area contributed by atoms with Crippen LogP contribution in [0, 0.1) is 13.8 Å². The van der Waals surface area contributed by atoms with Crippen molar-refractivity contribution in [2.24, 2.45) is 0 Å². The predicted molar refractivity (Wildman–Crippen MR) is 97.9 cm³/mol. The number of hydrogen-bond donors (Lipinski definition) is 2. The summed E-state index contributed by atoms with van der Waals surface area (Å²) in [4.78, 5) is 36.2. The van der Waals surface area contributed by atoms with Crippen LogP contribution in [0.5, 0.6) is 0 Å². The van der Waals surface area contributed by atoms with E-state index in [4.69, 9.17) is 0 Å². The Balaban J connectivity index is 1.98. The molecule has 0 saturated carbocycles. The first-order valence-electron chi connectivity index (χ1n) is 8.13. The van der Waals surface area contributed by atoms with Crippen molar-refractivity contribution in [1.29, 1.82) is 0 Å². The molecule has 5 heteroatoms. The number of para-hydroxylation sites is 1. The number of rotatable bonds is 6. The van der Waals surface area contributed by atoms with Crippen molar-refractivity contribution in [2.45, 2.75) is 26.7 Å². The van der Waals surface area contributed by atoms with Crippen molar-refractivity contribution in [3.63, 3.8) is 0 Å². The molecule has 0 fully saturated rings. The van der Waals surface area contributed by atoms with Gasteiger partial charge in [0, 0.05) is 25.5 Å². The zero-order valence-electron chi connectivity index (χ0n) is 14.7. The van der Waals surface area contributed by atoms with E-state index in [2.05, 4.69) is 10.6 Å². The molecular weight excluding hydrogens is 316 g/mol. The van der Waals surface area contributed by atoms with Crippen LogP contribution in [0.1, 0.15) is 44.7 Å². The zero-order chi connectivity index (χ0) is 18.4. The third-order valence-electron chi connectivity index (χ3n) is 4.08. The Kier molecular flexibility index (Phi) is 6.06. The lowest BCUT2D eigenvalue weighted by Crippen LogP contribution is -2.21. The molecule has 0 saturated heterocycles.